The van der Waals surface area contributed by atoms with Crippen LogP contribution in [0.25, 0.3) is 0 Å². The SMILES string of the molecule is CCOCc1nc2c(c(NN)n1)COCC2. The van der Waals surface area contributed by atoms with Crippen LogP contribution >= 0.6 is 0 Å². The number of hydrogen-bond acceptors (Lipinski definition) is 6. The van der Waals surface area contributed by atoms with Gasteiger partial charge in [0.25, 0.3) is 0 Å². The van der Waals surface area contributed by atoms with Gasteiger partial charge >= 0.3 is 0 Å². The number of nitrogens with two attached hydrogens (primary N) is 1. The van der Waals surface area contributed by atoms with Crippen LogP contribution in [0.4, 0.5) is 5.82 Å². The molecule has 16 heavy (non-hydrogen) atoms. The van der Waals surface area contributed by atoms with Gasteiger partial charge < -0.3 is 14.9 Å². The van der Waals surface area contributed by atoms with Crippen LogP contribution in [0.5, 0.6) is 0 Å². The minimum absolute atomic E-state index is 0.416. The number of ether oxygens (including phenoxy) is 2. The van der Waals surface area contributed by atoms with Crippen molar-refractivity contribution in [3.8, 4) is 0 Å². The third kappa shape index (κ3) is 2.29. The molecule has 1 aromatic heterocycles. The Labute approximate surface area is 94.1 Å². The number of rotatable bonds is 4. The monoisotopic (exact) mass is 224 g/mol. The molecule has 2 heterocycles. The van der Waals surface area contributed by atoms with Crippen LogP contribution < -0.4 is 11.3 Å². The Bertz CT molecular complexity index is 353. The smallest absolute Gasteiger partial charge is 0.156 e. The Morgan fingerprint density at radius 2 is 2.38 bits per heavy atom. The molecule has 0 atom stereocenters. The number of nitrogens with zero attached hydrogens (tertiary/aromatic N) is 2. The zero-order valence-corrected chi connectivity index (χ0v) is 9.32. The molecule has 0 unspecified atom stereocenters. The number of hydrazine groups is 1. The Hall–Kier alpha value is -1.24. The van der Waals surface area contributed by atoms with Crippen LogP contribution in [0.2, 0.25) is 0 Å². The fourth-order valence-corrected chi connectivity index (χ4v) is 1.66. The summed E-state index contributed by atoms with van der Waals surface area (Å²) in [6.45, 7) is 4.22. The molecule has 0 bridgehead atoms. The van der Waals surface area contributed by atoms with Crippen molar-refractivity contribution in [3.05, 3.63) is 17.1 Å². The van der Waals surface area contributed by atoms with Gasteiger partial charge in [-0.3, -0.25) is 0 Å². The fraction of sp³-hybridized carbons (Fsp3) is 0.600. The topological polar surface area (TPSA) is 82.3 Å². The highest BCUT2D eigenvalue weighted by Gasteiger charge is 2.17. The van der Waals surface area contributed by atoms with Crippen LogP contribution in [0.15, 0.2) is 0 Å². The van der Waals surface area contributed by atoms with E-state index in [9.17, 15) is 0 Å². The first kappa shape index (κ1) is 11.3. The molecule has 0 saturated carbocycles. The molecule has 6 heteroatoms. The van der Waals surface area contributed by atoms with Gasteiger partial charge in [0.15, 0.2) is 5.82 Å². The van der Waals surface area contributed by atoms with Gasteiger partial charge in [0.1, 0.15) is 12.4 Å². The van der Waals surface area contributed by atoms with Gasteiger partial charge in [0.2, 0.25) is 0 Å². The molecule has 0 aliphatic carbocycles. The number of nitrogens with one attached hydrogen (secondary N) is 1. The molecule has 1 aliphatic heterocycles. The number of hydrogen-bond donors (Lipinski definition) is 2. The normalized spacial score (nSPS) is 14.6. The lowest BCUT2D eigenvalue weighted by Gasteiger charge is -2.18. The highest BCUT2D eigenvalue weighted by Crippen LogP contribution is 2.21. The molecule has 0 radical (unpaired) electrons. The average Bonchev–Trinajstić information content (AvgIpc) is 2.35. The van der Waals surface area contributed by atoms with Crippen molar-refractivity contribution in [3.63, 3.8) is 0 Å². The van der Waals surface area contributed by atoms with E-state index >= 15 is 0 Å². The zero-order chi connectivity index (χ0) is 11.4. The van der Waals surface area contributed by atoms with Crippen molar-refractivity contribution in [1.82, 2.24) is 9.97 Å². The van der Waals surface area contributed by atoms with E-state index in [4.69, 9.17) is 15.3 Å². The number of aromatic nitrogens is 2. The average molecular weight is 224 g/mol. The Kier molecular flexibility index (Phi) is 3.66. The molecule has 6 nitrogen and oxygen atoms in total. The van der Waals surface area contributed by atoms with Crippen molar-refractivity contribution in [2.45, 2.75) is 26.6 Å². The molecule has 0 amide bonds. The van der Waals surface area contributed by atoms with E-state index in [0.717, 1.165) is 17.7 Å². The molecule has 0 saturated heterocycles. The van der Waals surface area contributed by atoms with E-state index < -0.39 is 0 Å². The largest absolute Gasteiger partial charge is 0.376 e. The zero-order valence-electron chi connectivity index (χ0n) is 9.32. The second kappa shape index (κ2) is 5.20. The first-order valence-corrected chi connectivity index (χ1v) is 5.36. The highest BCUT2D eigenvalue weighted by molar-refractivity contribution is 5.46. The van der Waals surface area contributed by atoms with Gasteiger partial charge in [0.05, 0.1) is 18.9 Å². The Morgan fingerprint density at radius 1 is 1.50 bits per heavy atom. The maximum atomic E-state index is 5.43. The van der Waals surface area contributed by atoms with Gasteiger partial charge in [-0.2, -0.15) is 0 Å². The molecule has 0 fully saturated rings. The summed E-state index contributed by atoms with van der Waals surface area (Å²) >= 11 is 0. The van der Waals surface area contributed by atoms with E-state index in [1.165, 1.54) is 0 Å². The lowest BCUT2D eigenvalue weighted by Crippen LogP contribution is -2.20. The van der Waals surface area contributed by atoms with Crippen LogP contribution in [-0.2, 0) is 29.1 Å². The van der Waals surface area contributed by atoms with Crippen LogP contribution in [0.1, 0.15) is 24.0 Å². The fourth-order valence-electron chi connectivity index (χ4n) is 1.66. The van der Waals surface area contributed by atoms with E-state index in [1.54, 1.807) is 0 Å². The summed E-state index contributed by atoms with van der Waals surface area (Å²) in [6, 6.07) is 0. The third-order valence-corrected chi connectivity index (χ3v) is 2.44. The summed E-state index contributed by atoms with van der Waals surface area (Å²) in [5.74, 6) is 6.74. The number of anilines is 1. The first-order valence-electron chi connectivity index (χ1n) is 5.36. The van der Waals surface area contributed by atoms with Crippen molar-refractivity contribution in [1.29, 1.82) is 0 Å². The second-order valence-electron chi connectivity index (χ2n) is 3.50. The summed E-state index contributed by atoms with van der Waals surface area (Å²) in [6.07, 6.45) is 0.797. The summed E-state index contributed by atoms with van der Waals surface area (Å²) in [4.78, 5) is 8.74. The van der Waals surface area contributed by atoms with Crippen LogP contribution in [0, 0.1) is 0 Å². The molecule has 1 aliphatic rings. The van der Waals surface area contributed by atoms with Crippen molar-refractivity contribution < 1.29 is 9.47 Å². The van der Waals surface area contributed by atoms with Crippen molar-refractivity contribution in [2.24, 2.45) is 5.84 Å². The van der Waals surface area contributed by atoms with Gasteiger partial charge in [-0.1, -0.05) is 0 Å². The van der Waals surface area contributed by atoms with E-state index in [0.29, 0.717) is 38.1 Å². The predicted molar refractivity (Wildman–Crippen MR) is 58.5 cm³/mol. The van der Waals surface area contributed by atoms with Gasteiger partial charge in [-0.15, -0.1) is 0 Å². The van der Waals surface area contributed by atoms with Crippen LogP contribution in [0.3, 0.4) is 0 Å². The van der Waals surface area contributed by atoms with Crippen molar-refractivity contribution in [2.75, 3.05) is 18.6 Å². The van der Waals surface area contributed by atoms with E-state index in [1.807, 2.05) is 6.92 Å². The summed E-state index contributed by atoms with van der Waals surface area (Å²) in [5.41, 5.74) is 4.54. The van der Waals surface area contributed by atoms with Gasteiger partial charge in [-0.05, 0) is 6.92 Å². The minimum atomic E-state index is 0.416. The standard InChI is InChI=1S/C10H16N4O2/c1-2-15-6-9-12-8-3-4-16-5-7(8)10(13-9)14-11/h2-6,11H2,1H3,(H,12,13,14). The van der Waals surface area contributed by atoms with E-state index in [-0.39, 0.29) is 0 Å². The maximum absolute atomic E-state index is 5.43. The molecule has 0 aromatic carbocycles. The molecule has 2 rings (SSSR count). The van der Waals surface area contributed by atoms with E-state index in [2.05, 4.69) is 15.4 Å². The first-order chi connectivity index (χ1) is 7.85. The molecular formula is C10H16N4O2. The molecular weight excluding hydrogens is 208 g/mol. The molecule has 0 spiro atoms. The third-order valence-electron chi connectivity index (χ3n) is 2.44. The maximum Gasteiger partial charge on any atom is 0.156 e. The molecule has 3 N–H and O–H groups in total. The number of nitrogen functional groups attached to an aromatic ring is 1. The molecule has 88 valence electrons. The molecule has 1 aromatic rings. The number of fused-ring (bicyclic) bond motifs is 1. The lowest BCUT2D eigenvalue weighted by atomic mass is 10.1. The summed E-state index contributed by atoms with van der Waals surface area (Å²) < 4.78 is 10.6. The summed E-state index contributed by atoms with van der Waals surface area (Å²) in [7, 11) is 0. The van der Waals surface area contributed by atoms with Crippen molar-refractivity contribution >= 4 is 5.82 Å². The predicted octanol–water partition coefficient (Wildman–Crippen LogP) is 0.371. The second-order valence-corrected chi connectivity index (χ2v) is 3.50. The minimum Gasteiger partial charge on any atom is -0.376 e. The summed E-state index contributed by atoms with van der Waals surface area (Å²) in [5, 5.41) is 0. The van der Waals surface area contributed by atoms with Crippen LogP contribution in [-0.4, -0.2) is 23.2 Å². The Balaban J connectivity index is 2.28. The lowest BCUT2D eigenvalue weighted by molar-refractivity contribution is 0.107. The quantitative estimate of drug-likeness (QED) is 0.568. The highest BCUT2D eigenvalue weighted by atomic mass is 16.5. The van der Waals surface area contributed by atoms with Gasteiger partial charge in [-0.25, -0.2) is 15.8 Å². The Morgan fingerprint density at radius 3 is 3.12 bits per heavy atom. The van der Waals surface area contributed by atoms with Gasteiger partial charge in [0, 0.05) is 18.6 Å².